The molecule has 6 N–H and O–H groups in total. The molecule has 0 bridgehead atoms. The summed E-state index contributed by atoms with van der Waals surface area (Å²) in [4.78, 5) is 34.1. The molecule has 2 heterocycles. The van der Waals surface area contributed by atoms with Crippen LogP contribution in [0.25, 0.3) is 12.4 Å². The first-order valence-corrected chi connectivity index (χ1v) is 11.8. The number of fused-ring (bicyclic) bond motifs is 2. The monoisotopic (exact) mass is 664 g/mol. The predicted octanol–water partition coefficient (Wildman–Crippen LogP) is 0.183. The first-order chi connectivity index (χ1) is 17.0. The molecule has 0 aromatic heterocycles. The number of hydrogen-bond donors (Lipinski definition) is 2. The van der Waals surface area contributed by atoms with Gasteiger partial charge >= 0.3 is 11.9 Å². The number of esters is 2. The fourth-order valence-electron chi connectivity index (χ4n) is 3.21. The Hall–Kier alpha value is -2.06. The first kappa shape index (κ1) is 36.9. The van der Waals surface area contributed by atoms with Crippen molar-refractivity contribution in [1.29, 1.82) is 0 Å². The van der Waals surface area contributed by atoms with Crippen molar-refractivity contribution >= 4 is 95.6 Å². The summed E-state index contributed by atoms with van der Waals surface area (Å²) in [5.41, 5.74) is 11.7. The van der Waals surface area contributed by atoms with E-state index in [0.717, 1.165) is 0 Å². The van der Waals surface area contributed by atoms with Gasteiger partial charge in [0.2, 0.25) is 0 Å². The Bertz CT molecular complexity index is 1320. The van der Waals surface area contributed by atoms with Crippen molar-refractivity contribution in [2.45, 2.75) is 12.6 Å². The summed E-state index contributed by atoms with van der Waals surface area (Å²) in [6.45, 7) is 0.00684. The summed E-state index contributed by atoms with van der Waals surface area (Å²) in [6.07, 6.45) is 2.04. The maximum Gasteiger partial charge on any atom is 0.325 e. The van der Waals surface area contributed by atoms with E-state index in [4.69, 9.17) is 57.9 Å². The molecule has 216 valence electrons. The fourth-order valence-corrected chi connectivity index (χ4v) is 3.95. The van der Waals surface area contributed by atoms with Crippen molar-refractivity contribution in [1.82, 2.24) is 9.80 Å². The zero-order chi connectivity index (χ0) is 26.6. The van der Waals surface area contributed by atoms with E-state index in [-0.39, 0.29) is 43.4 Å². The second-order valence-corrected chi connectivity index (χ2v) is 9.00. The van der Waals surface area contributed by atoms with Crippen LogP contribution in [0.2, 0.25) is 20.1 Å². The predicted molar refractivity (Wildman–Crippen MR) is 155 cm³/mol. The number of halogens is 6. The van der Waals surface area contributed by atoms with Gasteiger partial charge in [0.25, 0.3) is 0 Å². The van der Waals surface area contributed by atoms with E-state index in [1.807, 2.05) is 0 Å². The molecule has 39 heavy (non-hydrogen) atoms. The summed E-state index contributed by atoms with van der Waals surface area (Å²) in [5, 5.41) is 4.23. The molecule has 2 unspecified atom stereocenters. The van der Waals surface area contributed by atoms with Gasteiger partial charge in [0.1, 0.15) is 13.1 Å². The highest BCUT2D eigenvalue weighted by molar-refractivity contribution is 6.42. The van der Waals surface area contributed by atoms with Crippen molar-refractivity contribution in [2.75, 3.05) is 27.3 Å². The quantitative estimate of drug-likeness (QED) is 0.436. The molecule has 0 saturated heterocycles. The standard InChI is InChI=1S/2C11H11Cl2N3O2.2ClH.H2O/c2*1-18-9(17)5-16-4-6-8(15-11(16)14)3-2-7(12)10(6)13;;;/h2*2-4,11H,5,14H2,1H3;2*1H;1H2. The smallest absolute Gasteiger partial charge is 0.325 e. The van der Waals surface area contributed by atoms with Gasteiger partial charge in [-0.25, -0.2) is 9.98 Å². The minimum absolute atomic E-state index is 0. The summed E-state index contributed by atoms with van der Waals surface area (Å²) in [7, 11) is 2.62. The Morgan fingerprint density at radius 2 is 1.10 bits per heavy atom. The number of rotatable bonds is 4. The zero-order valence-corrected chi connectivity index (χ0v) is 25.1. The van der Waals surface area contributed by atoms with E-state index in [1.165, 1.54) is 24.0 Å². The van der Waals surface area contributed by atoms with Crippen LogP contribution >= 0.6 is 71.2 Å². The molecule has 17 heteroatoms. The van der Waals surface area contributed by atoms with E-state index in [1.54, 1.807) is 36.7 Å². The Morgan fingerprint density at radius 1 is 0.769 bits per heavy atom. The van der Waals surface area contributed by atoms with Crippen LogP contribution < -0.4 is 32.6 Å². The number of nitrogens with zero attached hydrogens (tertiary/aromatic N) is 4. The number of carbonyl (C=O) groups excluding carboxylic acids is 2. The van der Waals surface area contributed by atoms with Gasteiger partial charge in [-0.05, 0) is 24.3 Å². The molecule has 2 aliphatic heterocycles. The maximum atomic E-state index is 11.2. The molecule has 0 radical (unpaired) electrons. The Kier molecular flexibility index (Phi) is 15.4. The van der Waals surface area contributed by atoms with Crippen LogP contribution in [0.5, 0.6) is 0 Å². The van der Waals surface area contributed by atoms with Crippen molar-refractivity contribution in [3.05, 3.63) is 65.5 Å². The third-order valence-electron chi connectivity index (χ3n) is 5.11. The van der Waals surface area contributed by atoms with Crippen molar-refractivity contribution in [3.63, 3.8) is 0 Å². The van der Waals surface area contributed by atoms with Gasteiger partial charge in [-0.1, -0.05) is 46.4 Å². The lowest BCUT2D eigenvalue weighted by molar-refractivity contribution is -0.142. The van der Waals surface area contributed by atoms with E-state index in [0.29, 0.717) is 41.2 Å². The van der Waals surface area contributed by atoms with Gasteiger partial charge in [0.15, 0.2) is 12.6 Å². The summed E-state index contributed by atoms with van der Waals surface area (Å²) in [6, 6.07) is 6.77. The van der Waals surface area contributed by atoms with E-state index >= 15 is 0 Å². The molecule has 0 aliphatic carbocycles. The number of carbonyl (C=O) groups is 2. The van der Waals surface area contributed by atoms with Gasteiger partial charge in [0, 0.05) is 22.8 Å². The molecule has 2 aromatic carbocycles. The van der Waals surface area contributed by atoms with Crippen molar-refractivity contribution in [3.8, 4) is 0 Å². The van der Waals surface area contributed by atoms with Crippen LogP contribution in [0.15, 0.2) is 34.3 Å². The average molecular weight is 667 g/mol. The molecular formula is C22H26Cl6N6O5. The van der Waals surface area contributed by atoms with Crippen LogP contribution in [0, 0.1) is 0 Å². The Balaban J connectivity index is 0.000000688. The molecule has 2 aromatic rings. The molecule has 0 amide bonds. The van der Waals surface area contributed by atoms with E-state index in [9.17, 15) is 9.59 Å². The van der Waals surface area contributed by atoms with Gasteiger partial charge in [-0.15, -0.1) is 24.8 Å². The third-order valence-corrected chi connectivity index (χ3v) is 6.75. The van der Waals surface area contributed by atoms with Crippen LogP contribution in [-0.2, 0) is 19.1 Å². The summed E-state index contributed by atoms with van der Waals surface area (Å²) in [5.74, 6) is -0.808. The molecule has 11 nitrogen and oxygen atoms in total. The largest absolute Gasteiger partial charge is 0.468 e. The Labute approximate surface area is 255 Å². The molecular weight excluding hydrogens is 641 g/mol. The van der Waals surface area contributed by atoms with E-state index in [2.05, 4.69) is 19.5 Å². The molecule has 2 atom stereocenters. The topological polar surface area (TPSA) is 167 Å². The number of benzene rings is 2. The lowest BCUT2D eigenvalue weighted by Crippen LogP contribution is -2.48. The molecule has 0 fully saturated rings. The minimum atomic E-state index is -0.645. The van der Waals surface area contributed by atoms with Crippen molar-refractivity contribution < 1.29 is 24.5 Å². The molecule has 4 rings (SSSR count). The number of nitrogens with two attached hydrogens (primary N) is 2. The zero-order valence-electron chi connectivity index (χ0n) is 20.4. The summed E-state index contributed by atoms with van der Waals surface area (Å²) < 4.78 is 9.17. The van der Waals surface area contributed by atoms with Crippen LogP contribution in [0.1, 0.15) is 0 Å². The van der Waals surface area contributed by atoms with E-state index < -0.39 is 24.5 Å². The van der Waals surface area contributed by atoms with Crippen LogP contribution in [0.4, 0.5) is 0 Å². The highest BCUT2D eigenvalue weighted by Crippen LogP contribution is 2.17. The molecule has 0 spiro atoms. The minimum Gasteiger partial charge on any atom is -0.468 e. The average Bonchev–Trinajstić information content (AvgIpc) is 2.86. The SMILES string of the molecule is COC(=O)CN1C=c2c(Cl)c(Cl)ccc2=NC1N.COC(=O)CN1C=c2c(Cl)c(Cl)ccc2=NC1N.Cl.Cl.O. The van der Waals surface area contributed by atoms with Gasteiger partial charge in [-0.2, -0.15) is 0 Å². The van der Waals surface area contributed by atoms with Gasteiger partial charge < -0.3 is 24.7 Å². The second kappa shape index (κ2) is 16.3. The number of hydrogen-bond acceptors (Lipinski definition) is 10. The lowest BCUT2D eigenvalue weighted by Gasteiger charge is -2.25. The highest BCUT2D eigenvalue weighted by Gasteiger charge is 2.19. The second-order valence-electron chi connectivity index (χ2n) is 7.43. The van der Waals surface area contributed by atoms with Crippen molar-refractivity contribution in [2.24, 2.45) is 21.5 Å². The highest BCUT2D eigenvalue weighted by atomic mass is 35.5. The Morgan fingerprint density at radius 3 is 1.41 bits per heavy atom. The number of methoxy groups -OCH3 is 2. The van der Waals surface area contributed by atoms with Gasteiger partial charge in [-0.3, -0.25) is 21.1 Å². The third kappa shape index (κ3) is 8.97. The van der Waals surface area contributed by atoms with Crippen LogP contribution in [-0.4, -0.2) is 67.1 Å². The normalized spacial score (nSPS) is 16.2. The van der Waals surface area contributed by atoms with Crippen LogP contribution in [0.3, 0.4) is 0 Å². The first-order valence-electron chi connectivity index (χ1n) is 10.3. The number of ether oxygens (including phenoxy) is 2. The lowest BCUT2D eigenvalue weighted by atomic mass is 10.2. The fraction of sp³-hybridized carbons (Fsp3) is 0.273. The molecule has 2 aliphatic rings. The van der Waals surface area contributed by atoms with Gasteiger partial charge in [0.05, 0.1) is 45.0 Å². The molecule has 0 saturated carbocycles. The summed E-state index contributed by atoms with van der Waals surface area (Å²) >= 11 is 24.0. The maximum absolute atomic E-state index is 11.2.